The van der Waals surface area contributed by atoms with Gasteiger partial charge in [0.2, 0.25) is 0 Å². The van der Waals surface area contributed by atoms with Gasteiger partial charge in [-0.25, -0.2) is 4.98 Å². The molecule has 54 valence electrons. The Hall–Kier alpha value is -0.470. The fourth-order valence-corrected chi connectivity index (χ4v) is 0.993. The second kappa shape index (κ2) is 3.08. The highest BCUT2D eigenvalue weighted by Gasteiger charge is 1.98. The Balaban J connectivity index is 3.09. The summed E-state index contributed by atoms with van der Waals surface area (Å²) in [5.74, 6) is 0.791. The zero-order chi connectivity index (χ0) is 7.56. The van der Waals surface area contributed by atoms with E-state index >= 15 is 0 Å². The lowest BCUT2D eigenvalue weighted by molar-refractivity contribution is 1.26. The third-order valence-corrected chi connectivity index (χ3v) is 1.61. The monoisotopic (exact) mass is 176 g/mol. The van der Waals surface area contributed by atoms with Crippen LogP contribution in [0.15, 0.2) is 12.3 Å². The Morgan fingerprint density at radius 1 is 1.60 bits per heavy atom. The Kier molecular flexibility index (Phi) is 2.35. The van der Waals surface area contributed by atoms with Gasteiger partial charge in [-0.2, -0.15) is 0 Å². The highest BCUT2D eigenvalue weighted by atomic mass is 35.5. The van der Waals surface area contributed by atoms with Crippen LogP contribution in [0, 0.1) is 0 Å². The van der Waals surface area contributed by atoms with Crippen molar-refractivity contribution < 1.29 is 0 Å². The number of nitrogens with two attached hydrogens (primary N) is 1. The van der Waals surface area contributed by atoms with E-state index in [9.17, 15) is 0 Å². The topological polar surface area (TPSA) is 38.9 Å². The molecule has 2 N–H and O–H groups in total. The first kappa shape index (κ1) is 7.63. The maximum absolute atomic E-state index is 5.62. The number of rotatable bonds is 1. The molecule has 0 aliphatic carbocycles. The Morgan fingerprint density at radius 2 is 2.30 bits per heavy atom. The molecule has 0 bridgehead atoms. The van der Waals surface area contributed by atoms with Gasteiger partial charge in [0.25, 0.3) is 0 Å². The molecule has 0 saturated carbocycles. The minimum Gasteiger partial charge on any atom is -0.383 e. The van der Waals surface area contributed by atoms with E-state index < -0.39 is 0 Å². The van der Waals surface area contributed by atoms with E-state index in [1.807, 2.05) is 0 Å². The highest BCUT2D eigenvalue weighted by molar-refractivity contribution is 6.30. The number of nitrogens with zero attached hydrogens (tertiary/aromatic N) is 1. The van der Waals surface area contributed by atoms with Gasteiger partial charge in [0.05, 0.1) is 10.9 Å². The van der Waals surface area contributed by atoms with Crippen LogP contribution < -0.4 is 5.73 Å². The van der Waals surface area contributed by atoms with Crippen LogP contribution in [0.4, 0.5) is 5.82 Å². The molecular weight excluding hydrogens is 171 g/mol. The van der Waals surface area contributed by atoms with Crippen LogP contribution in [0.3, 0.4) is 0 Å². The molecule has 10 heavy (non-hydrogen) atoms. The van der Waals surface area contributed by atoms with Crippen molar-refractivity contribution in [3.05, 3.63) is 22.8 Å². The number of nitrogen functional groups attached to an aromatic ring is 1. The summed E-state index contributed by atoms with van der Waals surface area (Å²) in [7, 11) is 0. The molecular formula is C6H6Cl2N2. The summed E-state index contributed by atoms with van der Waals surface area (Å²) in [5, 5.41) is 0.560. The number of hydrogen-bond donors (Lipinski definition) is 1. The van der Waals surface area contributed by atoms with E-state index in [1.54, 1.807) is 6.07 Å². The third-order valence-electron chi connectivity index (χ3n) is 1.11. The molecule has 4 heteroatoms. The third kappa shape index (κ3) is 1.52. The fourth-order valence-electron chi connectivity index (χ4n) is 0.599. The maximum Gasteiger partial charge on any atom is 0.127 e. The summed E-state index contributed by atoms with van der Waals surface area (Å²) in [6.45, 7) is 0. The second-order valence-electron chi connectivity index (χ2n) is 1.83. The summed E-state index contributed by atoms with van der Waals surface area (Å²) < 4.78 is 0. The van der Waals surface area contributed by atoms with Gasteiger partial charge in [-0.05, 0) is 6.07 Å². The summed E-state index contributed by atoms with van der Waals surface area (Å²) >= 11 is 11.1. The van der Waals surface area contributed by atoms with Crippen LogP contribution in [0.5, 0.6) is 0 Å². The van der Waals surface area contributed by atoms with E-state index in [0.29, 0.717) is 16.7 Å². The smallest absolute Gasteiger partial charge is 0.127 e. The molecule has 2 nitrogen and oxygen atoms in total. The quantitative estimate of drug-likeness (QED) is 0.666. The molecule has 1 rings (SSSR count). The fraction of sp³-hybridized carbons (Fsp3) is 0.167. The molecule has 1 heterocycles. The molecule has 0 saturated heterocycles. The van der Waals surface area contributed by atoms with Crippen molar-refractivity contribution in [1.29, 1.82) is 0 Å². The lowest BCUT2D eigenvalue weighted by Gasteiger charge is -1.98. The molecule has 0 spiro atoms. The molecule has 0 aliphatic heterocycles. The molecule has 0 aliphatic rings. The second-order valence-corrected chi connectivity index (χ2v) is 2.54. The normalized spacial score (nSPS) is 9.80. The zero-order valence-electron chi connectivity index (χ0n) is 5.14. The zero-order valence-corrected chi connectivity index (χ0v) is 6.65. The van der Waals surface area contributed by atoms with Gasteiger partial charge in [-0.1, -0.05) is 11.6 Å². The summed E-state index contributed by atoms with van der Waals surface area (Å²) in [5.41, 5.74) is 6.22. The predicted molar refractivity (Wildman–Crippen MR) is 43.2 cm³/mol. The largest absolute Gasteiger partial charge is 0.383 e. The standard InChI is InChI=1S/C6H6Cl2N2/c7-2-4-1-5(8)3-10-6(4)9/h1,3H,2H2,(H2,9,10). The number of aromatic nitrogens is 1. The van der Waals surface area contributed by atoms with Crippen molar-refractivity contribution in [1.82, 2.24) is 4.98 Å². The van der Waals surface area contributed by atoms with Crippen molar-refractivity contribution in [3.63, 3.8) is 0 Å². The van der Waals surface area contributed by atoms with Crippen molar-refractivity contribution in [2.45, 2.75) is 5.88 Å². The Bertz CT molecular complexity index is 237. The van der Waals surface area contributed by atoms with E-state index in [0.717, 1.165) is 5.56 Å². The van der Waals surface area contributed by atoms with Crippen molar-refractivity contribution in [2.24, 2.45) is 0 Å². The molecule has 0 radical (unpaired) electrons. The summed E-state index contributed by atoms with van der Waals surface area (Å²) in [6.07, 6.45) is 1.49. The van der Waals surface area contributed by atoms with Gasteiger partial charge >= 0.3 is 0 Å². The first-order chi connectivity index (χ1) is 4.74. The van der Waals surface area contributed by atoms with Gasteiger partial charge in [-0.15, -0.1) is 11.6 Å². The summed E-state index contributed by atoms with van der Waals surface area (Å²) in [4.78, 5) is 3.81. The number of hydrogen-bond acceptors (Lipinski definition) is 2. The van der Waals surface area contributed by atoms with E-state index in [2.05, 4.69) is 4.98 Å². The summed E-state index contributed by atoms with van der Waals surface area (Å²) in [6, 6.07) is 1.71. The first-order valence-corrected chi connectivity index (χ1v) is 3.61. The predicted octanol–water partition coefficient (Wildman–Crippen LogP) is 2.06. The first-order valence-electron chi connectivity index (χ1n) is 2.70. The number of anilines is 1. The van der Waals surface area contributed by atoms with Gasteiger partial charge in [-0.3, -0.25) is 0 Å². The number of alkyl halides is 1. The van der Waals surface area contributed by atoms with Crippen LogP contribution in [0.1, 0.15) is 5.56 Å². The maximum atomic E-state index is 5.62. The molecule has 0 unspecified atom stereocenters. The van der Waals surface area contributed by atoms with Crippen molar-refractivity contribution in [2.75, 3.05) is 5.73 Å². The van der Waals surface area contributed by atoms with Crippen LogP contribution in [-0.2, 0) is 5.88 Å². The van der Waals surface area contributed by atoms with Crippen molar-refractivity contribution in [3.8, 4) is 0 Å². The Morgan fingerprint density at radius 3 is 2.80 bits per heavy atom. The average Bonchev–Trinajstić information content (AvgIpc) is 1.94. The number of halogens is 2. The van der Waals surface area contributed by atoms with Crippen LogP contribution in [0.2, 0.25) is 5.02 Å². The Labute approximate surface area is 69.0 Å². The SMILES string of the molecule is Nc1ncc(Cl)cc1CCl. The molecule has 0 aromatic carbocycles. The lowest BCUT2D eigenvalue weighted by atomic mass is 10.3. The number of pyridine rings is 1. The molecule has 1 aromatic rings. The minimum atomic E-state index is 0.347. The van der Waals surface area contributed by atoms with E-state index in [-0.39, 0.29) is 0 Å². The molecule has 0 atom stereocenters. The van der Waals surface area contributed by atoms with Gasteiger partial charge < -0.3 is 5.73 Å². The van der Waals surface area contributed by atoms with E-state index in [4.69, 9.17) is 28.9 Å². The highest BCUT2D eigenvalue weighted by Crippen LogP contribution is 2.15. The molecule has 1 aromatic heterocycles. The minimum absolute atomic E-state index is 0.347. The van der Waals surface area contributed by atoms with Gasteiger partial charge in [0.1, 0.15) is 5.82 Å². The van der Waals surface area contributed by atoms with Crippen LogP contribution >= 0.6 is 23.2 Å². The molecule has 0 fully saturated rings. The van der Waals surface area contributed by atoms with Crippen LogP contribution in [0.25, 0.3) is 0 Å². The average molecular weight is 177 g/mol. The van der Waals surface area contributed by atoms with Gasteiger partial charge in [0, 0.05) is 11.8 Å². The van der Waals surface area contributed by atoms with Gasteiger partial charge in [0.15, 0.2) is 0 Å². The van der Waals surface area contributed by atoms with Crippen LogP contribution in [-0.4, -0.2) is 4.98 Å². The lowest BCUT2D eigenvalue weighted by Crippen LogP contribution is -1.94. The van der Waals surface area contributed by atoms with E-state index in [1.165, 1.54) is 6.20 Å². The molecule has 0 amide bonds. The van der Waals surface area contributed by atoms with Crippen molar-refractivity contribution >= 4 is 29.0 Å².